The highest BCUT2D eigenvalue weighted by Crippen LogP contribution is 2.16. The molecular formula is C14H15BrN2O3. The summed E-state index contributed by atoms with van der Waals surface area (Å²) in [6.45, 7) is 2.20. The molecule has 106 valence electrons. The van der Waals surface area contributed by atoms with Crippen molar-refractivity contribution in [3.05, 3.63) is 34.3 Å². The van der Waals surface area contributed by atoms with E-state index in [9.17, 15) is 14.4 Å². The summed E-state index contributed by atoms with van der Waals surface area (Å²) in [7, 11) is 0. The maximum absolute atomic E-state index is 12.3. The second-order valence-electron chi connectivity index (χ2n) is 4.62. The predicted octanol–water partition coefficient (Wildman–Crippen LogP) is 1.26. The molecule has 20 heavy (non-hydrogen) atoms. The van der Waals surface area contributed by atoms with Gasteiger partial charge in [0, 0.05) is 11.0 Å². The molecule has 0 bridgehead atoms. The summed E-state index contributed by atoms with van der Waals surface area (Å²) in [6, 6.07) is 6.79. The molecule has 1 heterocycles. The number of benzene rings is 1. The van der Waals surface area contributed by atoms with Gasteiger partial charge in [-0.3, -0.25) is 19.7 Å². The number of hydrogen-bond donors (Lipinski definition) is 1. The average Bonchev–Trinajstić information content (AvgIpc) is 2.69. The number of nitrogens with zero attached hydrogens (tertiary/aromatic N) is 1. The number of likely N-dealkylation sites (N-methyl/N-ethyl adjacent to an activating group) is 1. The lowest BCUT2D eigenvalue weighted by molar-refractivity contribution is -0.138. The van der Waals surface area contributed by atoms with Gasteiger partial charge in [0.1, 0.15) is 6.04 Å². The Morgan fingerprint density at radius 2 is 2.20 bits per heavy atom. The standard InChI is InChI=1S/C14H15BrN2O3/c1-2-17(11-8-12(18)16-14(11)20)13(19)7-9-4-3-5-10(15)6-9/h3-6,11H,2,7-8H2,1H3,(H,16,18,20). The second kappa shape index (κ2) is 6.17. The largest absolute Gasteiger partial charge is 0.330 e. The lowest BCUT2D eigenvalue weighted by atomic mass is 10.1. The third kappa shape index (κ3) is 3.25. The Morgan fingerprint density at radius 1 is 1.45 bits per heavy atom. The van der Waals surface area contributed by atoms with Gasteiger partial charge in [-0.25, -0.2) is 0 Å². The summed E-state index contributed by atoms with van der Waals surface area (Å²) in [5.41, 5.74) is 0.868. The van der Waals surface area contributed by atoms with Gasteiger partial charge in [-0.15, -0.1) is 0 Å². The van der Waals surface area contributed by atoms with E-state index < -0.39 is 6.04 Å². The van der Waals surface area contributed by atoms with E-state index in [1.54, 1.807) is 6.92 Å². The molecule has 1 saturated heterocycles. The van der Waals surface area contributed by atoms with Crippen molar-refractivity contribution in [2.45, 2.75) is 25.8 Å². The van der Waals surface area contributed by atoms with Crippen LogP contribution in [0.1, 0.15) is 18.9 Å². The van der Waals surface area contributed by atoms with Gasteiger partial charge >= 0.3 is 0 Å². The first-order valence-corrected chi connectivity index (χ1v) is 7.18. The Hall–Kier alpha value is -1.69. The van der Waals surface area contributed by atoms with Crippen molar-refractivity contribution < 1.29 is 14.4 Å². The Labute approximate surface area is 125 Å². The summed E-state index contributed by atoms with van der Waals surface area (Å²) in [6.07, 6.45) is 0.266. The van der Waals surface area contributed by atoms with E-state index in [0.29, 0.717) is 6.54 Å². The van der Waals surface area contributed by atoms with Crippen molar-refractivity contribution in [3.8, 4) is 0 Å². The van der Waals surface area contributed by atoms with E-state index in [2.05, 4.69) is 21.2 Å². The fourth-order valence-electron chi connectivity index (χ4n) is 2.29. The molecule has 0 radical (unpaired) electrons. The summed E-state index contributed by atoms with van der Waals surface area (Å²) >= 11 is 3.36. The van der Waals surface area contributed by atoms with E-state index in [4.69, 9.17) is 0 Å². The van der Waals surface area contributed by atoms with Gasteiger partial charge in [0.05, 0.1) is 12.8 Å². The highest BCUT2D eigenvalue weighted by atomic mass is 79.9. The smallest absolute Gasteiger partial charge is 0.249 e. The minimum atomic E-state index is -0.674. The Bertz CT molecular complexity index is 559. The molecule has 1 fully saturated rings. The van der Waals surface area contributed by atoms with Crippen molar-refractivity contribution in [2.75, 3.05) is 6.54 Å². The van der Waals surface area contributed by atoms with Crippen LogP contribution in [0.15, 0.2) is 28.7 Å². The van der Waals surface area contributed by atoms with Crippen molar-refractivity contribution in [2.24, 2.45) is 0 Å². The van der Waals surface area contributed by atoms with Crippen LogP contribution in [0.4, 0.5) is 0 Å². The van der Waals surface area contributed by atoms with Crippen LogP contribution in [0.25, 0.3) is 0 Å². The molecule has 1 aliphatic heterocycles. The normalized spacial score (nSPS) is 18.0. The topological polar surface area (TPSA) is 66.5 Å². The van der Waals surface area contributed by atoms with Gasteiger partial charge in [0.25, 0.3) is 0 Å². The number of hydrogen-bond acceptors (Lipinski definition) is 3. The molecule has 0 aliphatic carbocycles. The summed E-state index contributed by atoms with van der Waals surface area (Å²) in [5, 5.41) is 2.23. The molecule has 1 unspecified atom stereocenters. The lowest BCUT2D eigenvalue weighted by Crippen LogP contribution is -2.45. The first-order chi connectivity index (χ1) is 9.51. The molecule has 2 rings (SSSR count). The maximum Gasteiger partial charge on any atom is 0.249 e. The molecule has 1 N–H and O–H groups in total. The summed E-state index contributed by atoms with van der Waals surface area (Å²) < 4.78 is 0.902. The highest BCUT2D eigenvalue weighted by Gasteiger charge is 2.36. The van der Waals surface area contributed by atoms with Crippen LogP contribution in [0.5, 0.6) is 0 Å². The number of amides is 3. The van der Waals surface area contributed by atoms with E-state index >= 15 is 0 Å². The minimum Gasteiger partial charge on any atom is -0.330 e. The molecular weight excluding hydrogens is 324 g/mol. The van der Waals surface area contributed by atoms with E-state index in [1.807, 2.05) is 24.3 Å². The molecule has 1 atom stereocenters. The van der Waals surface area contributed by atoms with Gasteiger partial charge in [-0.2, -0.15) is 0 Å². The number of imide groups is 1. The van der Waals surface area contributed by atoms with E-state index in [0.717, 1.165) is 10.0 Å². The number of nitrogens with one attached hydrogen (secondary N) is 1. The second-order valence-corrected chi connectivity index (χ2v) is 5.53. The third-order valence-electron chi connectivity index (χ3n) is 3.23. The van der Waals surface area contributed by atoms with E-state index in [-0.39, 0.29) is 30.6 Å². The zero-order chi connectivity index (χ0) is 14.7. The van der Waals surface area contributed by atoms with Gasteiger partial charge in [0.2, 0.25) is 17.7 Å². The van der Waals surface area contributed by atoms with Crippen LogP contribution in [0.3, 0.4) is 0 Å². The van der Waals surface area contributed by atoms with Gasteiger partial charge in [-0.05, 0) is 24.6 Å². The molecule has 5 nitrogen and oxygen atoms in total. The quantitative estimate of drug-likeness (QED) is 0.840. The molecule has 0 spiro atoms. The molecule has 1 aromatic rings. The third-order valence-corrected chi connectivity index (χ3v) is 3.72. The number of carbonyl (C=O) groups excluding carboxylic acids is 3. The van der Waals surface area contributed by atoms with Crippen LogP contribution >= 0.6 is 15.9 Å². The zero-order valence-electron chi connectivity index (χ0n) is 11.1. The molecule has 3 amide bonds. The summed E-state index contributed by atoms with van der Waals surface area (Å²) in [4.78, 5) is 36.7. The molecule has 1 aromatic carbocycles. The Kier molecular flexibility index (Phi) is 4.54. The Balaban J connectivity index is 2.10. The molecule has 6 heteroatoms. The lowest BCUT2D eigenvalue weighted by Gasteiger charge is -2.25. The van der Waals surface area contributed by atoms with Crippen molar-refractivity contribution in [3.63, 3.8) is 0 Å². The van der Waals surface area contributed by atoms with E-state index in [1.165, 1.54) is 4.90 Å². The van der Waals surface area contributed by atoms with Gasteiger partial charge in [-0.1, -0.05) is 28.1 Å². The minimum absolute atomic E-state index is 0.0525. The molecule has 0 saturated carbocycles. The Morgan fingerprint density at radius 3 is 2.75 bits per heavy atom. The monoisotopic (exact) mass is 338 g/mol. The SMILES string of the molecule is CCN(C(=O)Cc1cccc(Br)c1)C1CC(=O)NC1=O. The van der Waals surface area contributed by atoms with Crippen molar-refractivity contribution >= 4 is 33.7 Å². The highest BCUT2D eigenvalue weighted by molar-refractivity contribution is 9.10. The number of rotatable bonds is 4. The van der Waals surface area contributed by atoms with Crippen LogP contribution < -0.4 is 5.32 Å². The van der Waals surface area contributed by atoms with Gasteiger partial charge in [0.15, 0.2) is 0 Å². The van der Waals surface area contributed by atoms with Crippen molar-refractivity contribution in [1.82, 2.24) is 10.2 Å². The zero-order valence-corrected chi connectivity index (χ0v) is 12.6. The molecule has 1 aliphatic rings. The van der Waals surface area contributed by atoms with Gasteiger partial charge < -0.3 is 4.90 Å². The number of halogens is 1. The predicted molar refractivity (Wildman–Crippen MR) is 76.8 cm³/mol. The van der Waals surface area contributed by atoms with Crippen LogP contribution in [0, 0.1) is 0 Å². The summed E-state index contributed by atoms with van der Waals surface area (Å²) in [5.74, 6) is -0.867. The van der Waals surface area contributed by atoms with Crippen LogP contribution in [-0.4, -0.2) is 35.2 Å². The first kappa shape index (κ1) is 14.7. The average molecular weight is 339 g/mol. The molecule has 0 aromatic heterocycles. The maximum atomic E-state index is 12.3. The fraction of sp³-hybridized carbons (Fsp3) is 0.357. The first-order valence-electron chi connectivity index (χ1n) is 6.39. The fourth-order valence-corrected chi connectivity index (χ4v) is 2.73. The number of carbonyl (C=O) groups is 3. The van der Waals surface area contributed by atoms with Crippen molar-refractivity contribution in [1.29, 1.82) is 0 Å². The van der Waals surface area contributed by atoms with Crippen LogP contribution in [0.2, 0.25) is 0 Å². The van der Waals surface area contributed by atoms with Crippen LogP contribution in [-0.2, 0) is 20.8 Å².